The number of halogens is 4. The second-order valence-electron chi connectivity index (χ2n) is 3.58. The van der Waals surface area contributed by atoms with Crippen molar-refractivity contribution in [3.8, 4) is 0 Å². The number of rotatable bonds is 2. The van der Waals surface area contributed by atoms with Gasteiger partial charge in [0.1, 0.15) is 23.3 Å². The van der Waals surface area contributed by atoms with Crippen LogP contribution in [0.5, 0.6) is 0 Å². The molecule has 0 amide bonds. The topological polar surface area (TPSA) is 17.1 Å². The summed E-state index contributed by atoms with van der Waals surface area (Å²) in [4.78, 5) is 11.8. The molecule has 0 unspecified atom stereocenters. The molecule has 1 nitrogen and oxygen atoms in total. The van der Waals surface area contributed by atoms with E-state index in [1.165, 1.54) is 0 Å². The lowest BCUT2D eigenvalue weighted by Crippen LogP contribution is -2.08. The van der Waals surface area contributed by atoms with Crippen molar-refractivity contribution >= 4 is 5.78 Å². The van der Waals surface area contributed by atoms with Gasteiger partial charge in [-0.05, 0) is 24.3 Å². The maximum atomic E-state index is 13.4. The van der Waals surface area contributed by atoms with Gasteiger partial charge < -0.3 is 0 Å². The Hall–Kier alpha value is -2.17. The summed E-state index contributed by atoms with van der Waals surface area (Å²) in [5.74, 6) is -5.24. The van der Waals surface area contributed by atoms with Crippen molar-refractivity contribution in [2.24, 2.45) is 0 Å². The summed E-state index contributed by atoms with van der Waals surface area (Å²) in [5, 5.41) is 0. The molecule has 18 heavy (non-hydrogen) atoms. The Morgan fingerprint density at radius 3 is 1.78 bits per heavy atom. The van der Waals surface area contributed by atoms with Crippen molar-refractivity contribution in [2.45, 2.75) is 0 Å². The van der Waals surface area contributed by atoms with Crippen LogP contribution < -0.4 is 0 Å². The zero-order chi connectivity index (χ0) is 13.3. The summed E-state index contributed by atoms with van der Waals surface area (Å²) in [5.41, 5.74) is -0.941. The molecule has 0 aliphatic carbocycles. The number of hydrogen-bond acceptors (Lipinski definition) is 1. The lowest BCUT2D eigenvalue weighted by molar-refractivity contribution is 0.103. The Morgan fingerprint density at radius 1 is 0.778 bits per heavy atom. The summed E-state index contributed by atoms with van der Waals surface area (Å²) in [6.07, 6.45) is 0. The maximum absolute atomic E-state index is 13.4. The Morgan fingerprint density at radius 2 is 1.28 bits per heavy atom. The van der Waals surface area contributed by atoms with E-state index in [0.29, 0.717) is 12.1 Å². The van der Waals surface area contributed by atoms with Crippen LogP contribution in [0.4, 0.5) is 17.6 Å². The smallest absolute Gasteiger partial charge is 0.198 e. The Labute approximate surface area is 99.7 Å². The minimum Gasteiger partial charge on any atom is -0.288 e. The number of carbonyl (C=O) groups excluding carboxylic acids is 1. The van der Waals surface area contributed by atoms with Crippen LogP contribution in [0.2, 0.25) is 0 Å². The molecule has 0 atom stereocenters. The van der Waals surface area contributed by atoms with Crippen LogP contribution in [0.1, 0.15) is 15.9 Å². The molecule has 0 saturated carbocycles. The third kappa shape index (κ3) is 2.25. The van der Waals surface area contributed by atoms with Gasteiger partial charge in [0.2, 0.25) is 0 Å². The first kappa shape index (κ1) is 12.3. The summed E-state index contributed by atoms with van der Waals surface area (Å²) < 4.78 is 52.0. The fraction of sp³-hybridized carbons (Fsp3) is 0. The number of ketones is 1. The monoisotopic (exact) mass is 254 g/mol. The zero-order valence-electron chi connectivity index (χ0n) is 8.88. The highest BCUT2D eigenvalue weighted by atomic mass is 19.1. The van der Waals surface area contributed by atoms with E-state index in [1.807, 2.05) is 0 Å². The van der Waals surface area contributed by atoms with Gasteiger partial charge in [0.15, 0.2) is 5.78 Å². The zero-order valence-corrected chi connectivity index (χ0v) is 8.88. The van der Waals surface area contributed by atoms with Gasteiger partial charge in [0.05, 0.1) is 5.56 Å². The minimum atomic E-state index is -1.29. The van der Waals surface area contributed by atoms with Crippen molar-refractivity contribution in [3.05, 3.63) is 70.8 Å². The molecule has 0 aliphatic rings. The fourth-order valence-electron chi connectivity index (χ4n) is 1.50. The van der Waals surface area contributed by atoms with E-state index in [-0.39, 0.29) is 5.56 Å². The van der Waals surface area contributed by atoms with E-state index in [9.17, 15) is 22.4 Å². The summed E-state index contributed by atoms with van der Waals surface area (Å²) in [6, 6.07) is 5.01. The minimum absolute atomic E-state index is 0.0826. The highest BCUT2D eigenvalue weighted by Gasteiger charge is 2.20. The number of benzene rings is 2. The predicted octanol–water partition coefficient (Wildman–Crippen LogP) is 3.47. The van der Waals surface area contributed by atoms with Gasteiger partial charge in [-0.3, -0.25) is 4.79 Å². The van der Waals surface area contributed by atoms with Gasteiger partial charge in [-0.25, -0.2) is 17.6 Å². The first-order valence-corrected chi connectivity index (χ1v) is 4.94. The van der Waals surface area contributed by atoms with Gasteiger partial charge in [-0.2, -0.15) is 0 Å². The Bertz CT molecular complexity index is 582. The van der Waals surface area contributed by atoms with E-state index >= 15 is 0 Å². The summed E-state index contributed by atoms with van der Waals surface area (Å²) >= 11 is 0. The molecular formula is C13H6F4O. The second-order valence-corrected chi connectivity index (χ2v) is 3.58. The van der Waals surface area contributed by atoms with E-state index < -0.39 is 34.6 Å². The third-order valence-corrected chi connectivity index (χ3v) is 2.34. The van der Waals surface area contributed by atoms with Crippen LogP contribution in [-0.2, 0) is 0 Å². The molecule has 0 radical (unpaired) electrons. The molecule has 0 bridgehead atoms. The normalized spacial score (nSPS) is 10.4. The van der Waals surface area contributed by atoms with Gasteiger partial charge in [0, 0.05) is 17.7 Å². The first-order chi connectivity index (χ1) is 8.49. The van der Waals surface area contributed by atoms with Crippen LogP contribution in [-0.4, -0.2) is 5.78 Å². The molecule has 5 heteroatoms. The third-order valence-electron chi connectivity index (χ3n) is 2.34. The van der Waals surface area contributed by atoms with Gasteiger partial charge >= 0.3 is 0 Å². The fourth-order valence-corrected chi connectivity index (χ4v) is 1.50. The highest BCUT2D eigenvalue weighted by molar-refractivity contribution is 6.09. The molecular weight excluding hydrogens is 248 g/mol. The lowest BCUT2D eigenvalue weighted by Gasteiger charge is -2.04. The van der Waals surface area contributed by atoms with Crippen LogP contribution in [0, 0.1) is 23.3 Å². The predicted molar refractivity (Wildman–Crippen MR) is 56.1 cm³/mol. The second kappa shape index (κ2) is 4.60. The maximum Gasteiger partial charge on any atom is 0.198 e. The molecule has 2 rings (SSSR count). The molecule has 0 saturated heterocycles. The molecule has 0 aliphatic heterocycles. The van der Waals surface area contributed by atoms with Gasteiger partial charge in [0.25, 0.3) is 0 Å². The van der Waals surface area contributed by atoms with Gasteiger partial charge in [-0.1, -0.05) is 0 Å². The average molecular weight is 254 g/mol. The van der Waals surface area contributed by atoms with E-state index in [2.05, 4.69) is 0 Å². The lowest BCUT2D eigenvalue weighted by atomic mass is 10.0. The van der Waals surface area contributed by atoms with Crippen molar-refractivity contribution in [3.63, 3.8) is 0 Å². The molecule has 0 aromatic heterocycles. The van der Waals surface area contributed by atoms with E-state index in [1.54, 1.807) is 0 Å². The van der Waals surface area contributed by atoms with Crippen LogP contribution >= 0.6 is 0 Å². The average Bonchev–Trinajstić information content (AvgIpc) is 2.28. The highest BCUT2D eigenvalue weighted by Crippen LogP contribution is 2.19. The molecule has 0 spiro atoms. The first-order valence-electron chi connectivity index (χ1n) is 4.94. The molecule has 2 aromatic carbocycles. The Balaban J connectivity index is 2.49. The van der Waals surface area contributed by atoms with Crippen molar-refractivity contribution in [1.82, 2.24) is 0 Å². The summed E-state index contributed by atoms with van der Waals surface area (Å²) in [7, 11) is 0. The van der Waals surface area contributed by atoms with E-state index in [4.69, 9.17) is 0 Å². The van der Waals surface area contributed by atoms with Crippen LogP contribution in [0.15, 0.2) is 36.4 Å². The standard InChI is InChI=1S/C13H6F4O/c14-8-3-1-7(2-4-8)13(18)12-10(16)5-9(15)6-11(12)17/h1-6H. The molecule has 2 aromatic rings. The molecule has 0 N–H and O–H groups in total. The molecule has 0 fully saturated rings. The largest absolute Gasteiger partial charge is 0.288 e. The number of carbonyl (C=O) groups is 1. The van der Waals surface area contributed by atoms with Crippen molar-refractivity contribution < 1.29 is 22.4 Å². The molecule has 0 heterocycles. The quantitative estimate of drug-likeness (QED) is 0.592. The number of hydrogen-bond donors (Lipinski definition) is 0. The van der Waals surface area contributed by atoms with Crippen LogP contribution in [0.3, 0.4) is 0 Å². The van der Waals surface area contributed by atoms with Crippen LogP contribution in [0.25, 0.3) is 0 Å². The van der Waals surface area contributed by atoms with Crippen molar-refractivity contribution in [2.75, 3.05) is 0 Å². The summed E-state index contributed by atoms with van der Waals surface area (Å²) in [6.45, 7) is 0. The van der Waals surface area contributed by atoms with Crippen molar-refractivity contribution in [1.29, 1.82) is 0 Å². The van der Waals surface area contributed by atoms with Gasteiger partial charge in [-0.15, -0.1) is 0 Å². The Kier molecular flexibility index (Phi) is 3.14. The molecule has 92 valence electrons. The SMILES string of the molecule is O=C(c1ccc(F)cc1)c1c(F)cc(F)cc1F. The van der Waals surface area contributed by atoms with E-state index in [0.717, 1.165) is 24.3 Å².